The van der Waals surface area contributed by atoms with Gasteiger partial charge in [-0.1, -0.05) is 13.3 Å². The van der Waals surface area contributed by atoms with Gasteiger partial charge in [-0.25, -0.2) is 0 Å². The largest absolute Gasteiger partial charge is 0.494 e. The SMILES string of the molecule is CCCCNC(=O)c1ccc(NCC(=O)Nc2ccc(OCC)cc2)cc1. The van der Waals surface area contributed by atoms with E-state index in [2.05, 4.69) is 22.9 Å². The molecule has 0 aromatic heterocycles. The zero-order chi connectivity index (χ0) is 19.5. The first-order valence-electron chi connectivity index (χ1n) is 9.27. The fourth-order valence-electron chi connectivity index (χ4n) is 2.41. The molecule has 0 fully saturated rings. The van der Waals surface area contributed by atoms with Crippen molar-refractivity contribution in [3.05, 3.63) is 54.1 Å². The van der Waals surface area contributed by atoms with Crippen molar-refractivity contribution in [2.75, 3.05) is 30.3 Å². The predicted molar refractivity (Wildman–Crippen MR) is 108 cm³/mol. The highest BCUT2D eigenvalue weighted by molar-refractivity contribution is 5.95. The quantitative estimate of drug-likeness (QED) is 0.558. The molecule has 0 aliphatic rings. The lowest BCUT2D eigenvalue weighted by Gasteiger charge is -2.09. The number of unbranched alkanes of at least 4 members (excludes halogenated alkanes) is 1. The Morgan fingerprint density at radius 3 is 2.22 bits per heavy atom. The minimum Gasteiger partial charge on any atom is -0.494 e. The van der Waals surface area contributed by atoms with Crippen LogP contribution in [0.4, 0.5) is 11.4 Å². The third kappa shape index (κ3) is 7.01. The molecule has 0 heterocycles. The summed E-state index contributed by atoms with van der Waals surface area (Å²) in [6, 6.07) is 14.3. The number of rotatable bonds is 10. The number of carbonyl (C=O) groups is 2. The maximum Gasteiger partial charge on any atom is 0.251 e. The summed E-state index contributed by atoms with van der Waals surface area (Å²) in [6.45, 7) is 5.43. The van der Waals surface area contributed by atoms with Gasteiger partial charge in [0.05, 0.1) is 13.2 Å². The van der Waals surface area contributed by atoms with Crippen molar-refractivity contribution in [1.29, 1.82) is 0 Å². The molecule has 0 atom stereocenters. The molecule has 0 saturated heterocycles. The molecule has 2 aromatic carbocycles. The lowest BCUT2D eigenvalue weighted by molar-refractivity contribution is -0.114. The predicted octanol–water partition coefficient (Wildman–Crippen LogP) is 3.67. The number of hydrogen-bond donors (Lipinski definition) is 3. The Bertz CT molecular complexity index is 727. The van der Waals surface area contributed by atoms with Gasteiger partial charge >= 0.3 is 0 Å². The summed E-state index contributed by atoms with van der Waals surface area (Å²) in [4.78, 5) is 24.0. The minimum atomic E-state index is -0.152. The fourth-order valence-corrected chi connectivity index (χ4v) is 2.41. The minimum absolute atomic E-state index is 0.0803. The number of nitrogens with one attached hydrogen (secondary N) is 3. The summed E-state index contributed by atoms with van der Waals surface area (Å²) in [7, 11) is 0. The lowest BCUT2D eigenvalue weighted by Crippen LogP contribution is -2.24. The van der Waals surface area contributed by atoms with Crippen LogP contribution in [0.2, 0.25) is 0 Å². The molecular weight excluding hydrogens is 342 g/mol. The normalized spacial score (nSPS) is 10.1. The van der Waals surface area contributed by atoms with Gasteiger partial charge in [-0.2, -0.15) is 0 Å². The number of ether oxygens (including phenoxy) is 1. The average Bonchev–Trinajstić information content (AvgIpc) is 2.68. The second-order valence-corrected chi connectivity index (χ2v) is 6.05. The highest BCUT2D eigenvalue weighted by Crippen LogP contribution is 2.15. The van der Waals surface area contributed by atoms with E-state index in [1.54, 1.807) is 36.4 Å². The van der Waals surface area contributed by atoms with Crippen LogP contribution >= 0.6 is 0 Å². The summed E-state index contributed by atoms with van der Waals surface area (Å²) in [5.74, 6) is 0.538. The zero-order valence-corrected chi connectivity index (χ0v) is 15.9. The highest BCUT2D eigenvalue weighted by atomic mass is 16.5. The van der Waals surface area contributed by atoms with Crippen molar-refractivity contribution in [3.8, 4) is 5.75 Å². The van der Waals surface area contributed by atoms with Crippen molar-refractivity contribution in [2.24, 2.45) is 0 Å². The first-order valence-corrected chi connectivity index (χ1v) is 9.27. The molecule has 2 rings (SSSR count). The molecule has 2 amide bonds. The van der Waals surface area contributed by atoms with Crippen molar-refractivity contribution in [2.45, 2.75) is 26.7 Å². The maximum atomic E-state index is 12.0. The van der Waals surface area contributed by atoms with Crippen molar-refractivity contribution >= 4 is 23.2 Å². The Balaban J connectivity index is 1.78. The van der Waals surface area contributed by atoms with Crippen LogP contribution in [0, 0.1) is 0 Å². The fraction of sp³-hybridized carbons (Fsp3) is 0.333. The van der Waals surface area contributed by atoms with Gasteiger partial charge in [-0.05, 0) is 61.9 Å². The third-order valence-corrected chi connectivity index (χ3v) is 3.87. The summed E-state index contributed by atoms with van der Waals surface area (Å²) in [5, 5.41) is 8.74. The smallest absolute Gasteiger partial charge is 0.251 e. The molecule has 3 N–H and O–H groups in total. The van der Waals surface area contributed by atoms with Crippen LogP contribution in [0.5, 0.6) is 5.75 Å². The first kappa shape index (κ1) is 20.3. The van der Waals surface area contributed by atoms with Gasteiger partial charge in [-0.15, -0.1) is 0 Å². The third-order valence-electron chi connectivity index (χ3n) is 3.87. The molecule has 144 valence electrons. The summed E-state index contributed by atoms with van der Waals surface area (Å²) < 4.78 is 5.37. The number of anilines is 2. The Hall–Kier alpha value is -3.02. The zero-order valence-electron chi connectivity index (χ0n) is 15.9. The van der Waals surface area contributed by atoms with Crippen molar-refractivity contribution in [3.63, 3.8) is 0 Å². The molecule has 27 heavy (non-hydrogen) atoms. The van der Waals surface area contributed by atoms with E-state index in [-0.39, 0.29) is 18.4 Å². The molecule has 0 spiro atoms. The van der Waals surface area contributed by atoms with Crippen LogP contribution in [0.1, 0.15) is 37.0 Å². The number of carbonyl (C=O) groups excluding carboxylic acids is 2. The molecule has 0 aliphatic carbocycles. The van der Waals surface area contributed by atoms with Crippen molar-refractivity contribution in [1.82, 2.24) is 5.32 Å². The van der Waals surface area contributed by atoms with Crippen molar-refractivity contribution < 1.29 is 14.3 Å². The number of amides is 2. The van der Waals surface area contributed by atoms with E-state index in [1.807, 2.05) is 19.1 Å². The molecule has 0 saturated carbocycles. The van der Waals surface area contributed by atoms with Crippen LogP contribution in [0.25, 0.3) is 0 Å². The summed E-state index contributed by atoms with van der Waals surface area (Å²) >= 11 is 0. The van der Waals surface area contributed by atoms with E-state index in [0.29, 0.717) is 24.4 Å². The van der Waals surface area contributed by atoms with Crippen LogP contribution in [0.15, 0.2) is 48.5 Å². The second kappa shape index (κ2) is 10.9. The summed E-state index contributed by atoms with van der Waals surface area (Å²) in [5.41, 5.74) is 2.10. The molecule has 2 aromatic rings. The standard InChI is InChI=1S/C21H27N3O3/c1-3-5-14-22-21(26)16-6-8-17(9-7-16)23-15-20(25)24-18-10-12-19(13-11-18)27-4-2/h6-13,23H,3-5,14-15H2,1-2H3,(H,22,26)(H,24,25). The van der Waals surface area contributed by atoms with E-state index in [9.17, 15) is 9.59 Å². The topological polar surface area (TPSA) is 79.5 Å². The monoisotopic (exact) mass is 369 g/mol. The van der Waals surface area contributed by atoms with Crippen LogP contribution in [-0.2, 0) is 4.79 Å². The second-order valence-electron chi connectivity index (χ2n) is 6.05. The molecule has 0 unspecified atom stereocenters. The van der Waals surface area contributed by atoms with Gasteiger partial charge in [0.15, 0.2) is 0 Å². The highest BCUT2D eigenvalue weighted by Gasteiger charge is 2.06. The van der Waals surface area contributed by atoms with Gasteiger partial charge in [0.25, 0.3) is 5.91 Å². The number of benzene rings is 2. The van der Waals surface area contributed by atoms with Crippen LogP contribution in [-0.4, -0.2) is 31.5 Å². The van der Waals surface area contributed by atoms with Crippen LogP contribution < -0.4 is 20.7 Å². The molecule has 0 radical (unpaired) electrons. The van der Waals surface area contributed by atoms with Gasteiger partial charge < -0.3 is 20.7 Å². The molecule has 6 nitrogen and oxygen atoms in total. The van der Waals surface area contributed by atoms with E-state index in [4.69, 9.17) is 4.74 Å². The Labute approximate surface area is 160 Å². The molecule has 0 aliphatic heterocycles. The van der Waals surface area contributed by atoms with Gasteiger partial charge in [0.1, 0.15) is 5.75 Å². The van der Waals surface area contributed by atoms with Gasteiger partial charge in [-0.3, -0.25) is 9.59 Å². The number of hydrogen-bond acceptors (Lipinski definition) is 4. The van der Waals surface area contributed by atoms with Crippen LogP contribution in [0.3, 0.4) is 0 Å². The Morgan fingerprint density at radius 2 is 1.59 bits per heavy atom. The van der Waals surface area contributed by atoms with Gasteiger partial charge in [0.2, 0.25) is 5.91 Å². The van der Waals surface area contributed by atoms with E-state index < -0.39 is 0 Å². The van der Waals surface area contributed by atoms with E-state index in [1.165, 1.54) is 0 Å². The Kier molecular flexibility index (Phi) is 8.16. The first-order chi connectivity index (χ1) is 13.1. The molecule has 0 bridgehead atoms. The van der Waals surface area contributed by atoms with E-state index in [0.717, 1.165) is 24.3 Å². The Morgan fingerprint density at radius 1 is 0.926 bits per heavy atom. The molecule has 6 heteroatoms. The molecular formula is C21H27N3O3. The maximum absolute atomic E-state index is 12.0. The average molecular weight is 369 g/mol. The van der Waals surface area contributed by atoms with Gasteiger partial charge in [0, 0.05) is 23.5 Å². The lowest BCUT2D eigenvalue weighted by atomic mass is 10.2. The summed E-state index contributed by atoms with van der Waals surface area (Å²) in [6.07, 6.45) is 2.01. The van der Waals surface area contributed by atoms with E-state index >= 15 is 0 Å².